The van der Waals surface area contributed by atoms with Crippen molar-refractivity contribution in [2.45, 2.75) is 76.4 Å². The van der Waals surface area contributed by atoms with E-state index >= 15 is 0 Å². The van der Waals surface area contributed by atoms with Gasteiger partial charge in [0.1, 0.15) is 18.3 Å². The number of pyridine rings is 1. The van der Waals surface area contributed by atoms with E-state index in [1.54, 1.807) is 13.0 Å². The van der Waals surface area contributed by atoms with Crippen LogP contribution in [0.25, 0.3) is 0 Å². The van der Waals surface area contributed by atoms with Crippen molar-refractivity contribution in [1.29, 1.82) is 0 Å². The first-order valence-corrected chi connectivity index (χ1v) is 10.2. The van der Waals surface area contributed by atoms with Crippen molar-refractivity contribution in [3.8, 4) is 0 Å². The molecule has 0 amide bonds. The fraction of sp³-hybridized carbons (Fsp3) is 0.706. The van der Waals surface area contributed by atoms with Crippen molar-refractivity contribution < 1.29 is 34.0 Å². The van der Waals surface area contributed by atoms with Crippen LogP contribution in [-0.2, 0) is 13.8 Å². The molecule has 27 heavy (non-hydrogen) atoms. The van der Waals surface area contributed by atoms with E-state index in [4.69, 9.17) is 9.26 Å². The van der Waals surface area contributed by atoms with E-state index in [1.807, 2.05) is 0 Å². The molecule has 1 saturated heterocycles. The summed E-state index contributed by atoms with van der Waals surface area (Å²) in [5.74, 6) is 0. The minimum Gasteiger partial charge on any atom is -0.388 e. The van der Waals surface area contributed by atoms with Crippen LogP contribution in [0.15, 0.2) is 17.1 Å². The Bertz CT molecular complexity index is 784. The van der Waals surface area contributed by atoms with Crippen molar-refractivity contribution in [2.24, 2.45) is 0 Å². The molecule has 2 rings (SSSR count). The summed E-state index contributed by atoms with van der Waals surface area (Å²) < 4.78 is 23.2. The number of nitrogens with one attached hydrogen (secondary N) is 1. The third kappa shape index (κ3) is 4.86. The van der Waals surface area contributed by atoms with Gasteiger partial charge in [-0.3, -0.25) is 9.36 Å². The Labute approximate surface area is 157 Å². The van der Waals surface area contributed by atoms with E-state index < -0.39 is 43.0 Å². The number of hydrogen-bond donors (Lipinski definition) is 5. The maximum atomic E-state index is 12.2. The largest absolute Gasteiger partial charge is 0.388 e. The molecule has 0 spiro atoms. The maximum Gasteiger partial charge on any atom is 0.359 e. The van der Waals surface area contributed by atoms with Gasteiger partial charge in [0, 0.05) is 23.7 Å². The highest BCUT2D eigenvalue weighted by Crippen LogP contribution is 2.57. The zero-order valence-electron chi connectivity index (χ0n) is 16.0. The molecule has 0 saturated carbocycles. The molecule has 2 heterocycles. The smallest absolute Gasteiger partial charge is 0.359 e. The summed E-state index contributed by atoms with van der Waals surface area (Å²) in [6.07, 6.45) is -2.85. The van der Waals surface area contributed by atoms with Crippen LogP contribution in [0.1, 0.15) is 51.3 Å². The van der Waals surface area contributed by atoms with Gasteiger partial charge in [-0.2, -0.15) is 0 Å². The first-order valence-electron chi connectivity index (χ1n) is 8.61. The Morgan fingerprint density at radius 2 is 1.85 bits per heavy atom. The molecule has 0 radical (unpaired) electrons. The van der Waals surface area contributed by atoms with Gasteiger partial charge < -0.3 is 34.5 Å². The van der Waals surface area contributed by atoms with E-state index in [-0.39, 0.29) is 12.0 Å². The molecule has 1 fully saturated rings. The highest BCUT2D eigenvalue weighted by atomic mass is 31.2. The monoisotopic (exact) mass is 405 g/mol. The molecule has 0 aliphatic carbocycles. The standard InChI is InChI=1S/C17H28NO8P/c1-9-6-10(8-18-15(9)21)14-13(20)12(19)11(25-14)7-16(2,3)26-27(23,24)17(4,5)22/h6,8,11-14,19-20,22H,7H2,1-5H3,(H,18,21)(H,23,24). The molecule has 154 valence electrons. The van der Waals surface area contributed by atoms with E-state index in [1.165, 1.54) is 33.9 Å². The second kappa shape index (κ2) is 7.40. The molecule has 5 atom stereocenters. The highest BCUT2D eigenvalue weighted by molar-refractivity contribution is 7.54. The molecule has 1 aromatic heterocycles. The third-order valence-corrected chi connectivity index (χ3v) is 6.68. The van der Waals surface area contributed by atoms with Gasteiger partial charge in [0.05, 0.1) is 11.7 Å². The summed E-state index contributed by atoms with van der Waals surface area (Å²) in [5.41, 5.74) is -0.547. The van der Waals surface area contributed by atoms with Gasteiger partial charge in [0.25, 0.3) is 5.56 Å². The van der Waals surface area contributed by atoms with Gasteiger partial charge in [-0.15, -0.1) is 0 Å². The molecule has 9 nitrogen and oxygen atoms in total. The lowest BCUT2D eigenvalue weighted by Gasteiger charge is -2.34. The molecule has 0 bridgehead atoms. The minimum absolute atomic E-state index is 0.00923. The molecule has 1 aromatic rings. The van der Waals surface area contributed by atoms with E-state index in [0.717, 1.165) is 0 Å². The Morgan fingerprint density at radius 1 is 1.26 bits per heavy atom. The number of H-pyrrole nitrogens is 1. The first-order chi connectivity index (χ1) is 12.1. The number of aliphatic hydroxyl groups is 3. The topological polar surface area (TPSA) is 149 Å². The quantitative estimate of drug-likeness (QED) is 0.439. The van der Waals surface area contributed by atoms with Crippen molar-refractivity contribution in [3.05, 3.63) is 33.7 Å². The number of aromatic amines is 1. The number of rotatable bonds is 6. The SMILES string of the molecule is Cc1cc(C2OC(CC(C)(C)OP(=O)(O)C(C)(C)O)C(O)C2O)c[nH]c1=O. The molecule has 5 N–H and O–H groups in total. The fourth-order valence-electron chi connectivity index (χ4n) is 2.95. The summed E-state index contributed by atoms with van der Waals surface area (Å²) in [4.78, 5) is 24.0. The molecular weight excluding hydrogens is 377 g/mol. The number of ether oxygens (including phenoxy) is 1. The van der Waals surface area contributed by atoms with Crippen molar-refractivity contribution in [3.63, 3.8) is 0 Å². The summed E-state index contributed by atoms with van der Waals surface area (Å²) in [5, 5.41) is 28.6. The second-order valence-corrected chi connectivity index (χ2v) is 10.4. The van der Waals surface area contributed by atoms with Gasteiger partial charge >= 0.3 is 7.60 Å². The first kappa shape index (κ1) is 22.2. The Kier molecular flexibility index (Phi) is 6.10. The minimum atomic E-state index is -4.36. The van der Waals surface area contributed by atoms with Crippen LogP contribution < -0.4 is 5.56 Å². The van der Waals surface area contributed by atoms with Gasteiger partial charge in [-0.1, -0.05) is 0 Å². The zero-order chi connectivity index (χ0) is 20.8. The van der Waals surface area contributed by atoms with E-state index in [2.05, 4.69) is 4.98 Å². The molecular formula is C17H28NO8P. The summed E-state index contributed by atoms with van der Waals surface area (Å²) in [6.45, 7) is 7.01. The predicted octanol–water partition coefficient (Wildman–Crippen LogP) is 0.944. The molecule has 5 unspecified atom stereocenters. The normalized spacial score (nSPS) is 28.9. The maximum absolute atomic E-state index is 12.2. The van der Waals surface area contributed by atoms with Gasteiger partial charge in [0.15, 0.2) is 5.34 Å². The lowest BCUT2D eigenvalue weighted by molar-refractivity contribution is -0.0445. The van der Waals surface area contributed by atoms with E-state index in [9.17, 15) is 29.6 Å². The lowest BCUT2D eigenvalue weighted by Crippen LogP contribution is -2.38. The molecule has 0 aromatic carbocycles. The van der Waals surface area contributed by atoms with Crippen LogP contribution in [0, 0.1) is 6.92 Å². The van der Waals surface area contributed by atoms with Crippen LogP contribution in [0.3, 0.4) is 0 Å². The average Bonchev–Trinajstić information content (AvgIpc) is 2.76. The predicted molar refractivity (Wildman–Crippen MR) is 97.3 cm³/mol. The van der Waals surface area contributed by atoms with Crippen molar-refractivity contribution in [2.75, 3.05) is 0 Å². The number of aromatic nitrogens is 1. The Morgan fingerprint density at radius 3 is 2.37 bits per heavy atom. The second-order valence-electron chi connectivity index (χ2n) is 8.09. The number of aliphatic hydroxyl groups excluding tert-OH is 2. The number of hydrogen-bond acceptors (Lipinski definition) is 7. The Hall–Kier alpha value is -1.06. The van der Waals surface area contributed by atoms with E-state index in [0.29, 0.717) is 11.1 Å². The zero-order valence-corrected chi connectivity index (χ0v) is 16.9. The van der Waals surface area contributed by atoms with Crippen LogP contribution in [0.2, 0.25) is 0 Å². The van der Waals surface area contributed by atoms with Crippen LogP contribution in [0.5, 0.6) is 0 Å². The van der Waals surface area contributed by atoms with Crippen molar-refractivity contribution >= 4 is 7.60 Å². The Balaban J connectivity index is 2.16. The fourth-order valence-corrected chi connectivity index (χ4v) is 3.91. The van der Waals surface area contributed by atoms with Gasteiger partial charge in [0.2, 0.25) is 0 Å². The molecule has 1 aliphatic heterocycles. The van der Waals surface area contributed by atoms with Crippen molar-refractivity contribution in [1.82, 2.24) is 4.98 Å². The lowest BCUT2D eigenvalue weighted by atomic mass is 9.95. The van der Waals surface area contributed by atoms with Crippen LogP contribution in [-0.4, -0.2) is 54.5 Å². The van der Waals surface area contributed by atoms with Crippen LogP contribution in [0.4, 0.5) is 0 Å². The van der Waals surface area contributed by atoms with Gasteiger partial charge in [-0.25, -0.2) is 0 Å². The molecule has 10 heteroatoms. The van der Waals surface area contributed by atoms with Gasteiger partial charge in [-0.05, 0) is 40.7 Å². The summed E-state index contributed by atoms with van der Waals surface area (Å²) >= 11 is 0. The van der Waals surface area contributed by atoms with Crippen LogP contribution >= 0.6 is 7.60 Å². The summed E-state index contributed by atoms with van der Waals surface area (Å²) in [7, 11) is -4.36. The number of aryl methyl sites for hydroxylation is 1. The highest BCUT2D eigenvalue weighted by Gasteiger charge is 2.48. The average molecular weight is 405 g/mol. The summed E-state index contributed by atoms with van der Waals surface area (Å²) in [6, 6.07) is 1.57. The molecule has 1 aliphatic rings. The third-order valence-electron chi connectivity index (χ3n) is 4.56.